The van der Waals surface area contributed by atoms with E-state index in [9.17, 15) is 43.2 Å². The average molecular weight is 1380 g/mol. The van der Waals surface area contributed by atoms with E-state index in [-0.39, 0.29) is 25.7 Å². The summed E-state index contributed by atoms with van der Waals surface area (Å²) in [5.41, 5.74) is 0. The van der Waals surface area contributed by atoms with Crippen LogP contribution in [0.1, 0.15) is 357 Å². The van der Waals surface area contributed by atoms with Gasteiger partial charge in [-0.1, -0.05) is 304 Å². The molecule has 0 aromatic rings. The van der Waals surface area contributed by atoms with Crippen LogP contribution in [0.25, 0.3) is 0 Å². The number of carbonyl (C=O) groups excluding carboxylic acids is 4. The van der Waals surface area contributed by atoms with E-state index in [2.05, 4.69) is 72.8 Å². The molecule has 0 rings (SSSR count). The Bertz CT molecular complexity index is 1930. The van der Waals surface area contributed by atoms with Gasteiger partial charge in [-0.05, 0) is 69.1 Å². The molecule has 0 spiro atoms. The van der Waals surface area contributed by atoms with Crippen LogP contribution in [-0.4, -0.2) is 96.7 Å². The summed E-state index contributed by atoms with van der Waals surface area (Å²) in [6.45, 7) is 11.8. The van der Waals surface area contributed by atoms with Crippen molar-refractivity contribution in [2.75, 3.05) is 39.6 Å². The number of allylic oxidation sites excluding steroid dienone is 4. The van der Waals surface area contributed by atoms with E-state index in [1.165, 1.54) is 141 Å². The van der Waals surface area contributed by atoms with E-state index < -0.39 is 97.5 Å². The Morgan fingerprint density at radius 2 is 0.628 bits per heavy atom. The second-order valence-electron chi connectivity index (χ2n) is 27.5. The first-order valence-electron chi connectivity index (χ1n) is 38.2. The first-order chi connectivity index (χ1) is 45.3. The van der Waals surface area contributed by atoms with E-state index in [4.69, 9.17) is 37.0 Å². The van der Waals surface area contributed by atoms with E-state index in [1.807, 2.05) is 0 Å². The summed E-state index contributed by atoms with van der Waals surface area (Å²) in [5.74, 6) is 0.111. The Labute approximate surface area is 573 Å². The van der Waals surface area contributed by atoms with Crippen LogP contribution in [0.5, 0.6) is 0 Å². The molecule has 0 fully saturated rings. The summed E-state index contributed by atoms with van der Waals surface area (Å²) in [6, 6.07) is 0. The molecule has 0 radical (unpaired) electrons. The highest BCUT2D eigenvalue weighted by atomic mass is 31.2. The van der Waals surface area contributed by atoms with Gasteiger partial charge in [-0.25, -0.2) is 9.13 Å². The summed E-state index contributed by atoms with van der Waals surface area (Å²) in [4.78, 5) is 72.7. The second kappa shape index (κ2) is 65.2. The van der Waals surface area contributed by atoms with Crippen molar-refractivity contribution in [3.63, 3.8) is 0 Å². The molecular formula is C75H142O17P2. The van der Waals surface area contributed by atoms with Crippen LogP contribution in [0.15, 0.2) is 24.3 Å². The second-order valence-corrected chi connectivity index (χ2v) is 30.5. The molecule has 554 valence electrons. The molecule has 0 heterocycles. The van der Waals surface area contributed by atoms with Crippen molar-refractivity contribution in [3.05, 3.63) is 24.3 Å². The van der Waals surface area contributed by atoms with Crippen LogP contribution < -0.4 is 0 Å². The number of phosphoric acid groups is 2. The van der Waals surface area contributed by atoms with Gasteiger partial charge in [0.25, 0.3) is 0 Å². The fraction of sp³-hybridized carbons (Fsp3) is 0.893. The maximum absolute atomic E-state index is 13.1. The third-order valence-corrected chi connectivity index (χ3v) is 19.0. The lowest BCUT2D eigenvalue weighted by Crippen LogP contribution is -2.30. The van der Waals surface area contributed by atoms with Gasteiger partial charge in [0.2, 0.25) is 0 Å². The fourth-order valence-corrected chi connectivity index (χ4v) is 12.4. The lowest BCUT2D eigenvalue weighted by Gasteiger charge is -2.21. The molecule has 0 aromatic carbocycles. The molecule has 19 heteroatoms. The van der Waals surface area contributed by atoms with Crippen LogP contribution in [0.4, 0.5) is 0 Å². The molecule has 6 atom stereocenters. The molecule has 3 N–H and O–H groups in total. The van der Waals surface area contributed by atoms with Crippen LogP contribution in [0.3, 0.4) is 0 Å². The number of aliphatic hydroxyl groups excluding tert-OH is 1. The first-order valence-corrected chi connectivity index (χ1v) is 41.2. The van der Waals surface area contributed by atoms with Crippen molar-refractivity contribution < 1.29 is 80.2 Å². The highest BCUT2D eigenvalue weighted by Gasteiger charge is 2.30. The lowest BCUT2D eigenvalue weighted by atomic mass is 9.99. The number of aliphatic hydroxyl groups is 1. The standard InChI is InChI=1S/C75H142O17P2/c1-8-10-11-12-13-14-15-16-17-20-23-29-34-42-49-56-72(77)85-62-70(91-75(80)59-52-45-36-31-26-25-28-33-41-48-55-68(7)9-2)64-89-93(81,82)87-60-69(76)61-88-94(83,84)90-65-71(63-86-73(78)57-50-43-38-37-40-47-54-67(5)6)92-74(79)58-51-44-35-30-24-21-18-19-22-27-32-39-46-53-66(3)4/h14-17,66-71,76H,8-13,18-65H2,1-7H3,(H,81,82)(H,83,84)/b15-14-,17-16-/t68?,69-,70-,71-/m1/s1. The van der Waals surface area contributed by atoms with Crippen molar-refractivity contribution in [2.45, 2.75) is 375 Å². The highest BCUT2D eigenvalue weighted by Crippen LogP contribution is 2.45. The molecule has 0 bridgehead atoms. The Kier molecular flexibility index (Phi) is 63.5. The minimum atomic E-state index is -4.96. The quantitative estimate of drug-likeness (QED) is 0.0169. The molecule has 17 nitrogen and oxygen atoms in total. The number of esters is 4. The molecular weight excluding hydrogens is 1230 g/mol. The van der Waals surface area contributed by atoms with Crippen LogP contribution in [0.2, 0.25) is 0 Å². The first kappa shape index (κ1) is 91.5. The van der Waals surface area contributed by atoms with Gasteiger partial charge in [-0.15, -0.1) is 0 Å². The molecule has 0 aromatic heterocycles. The van der Waals surface area contributed by atoms with E-state index in [1.54, 1.807) is 0 Å². The summed E-state index contributed by atoms with van der Waals surface area (Å²) < 4.78 is 68.4. The zero-order valence-electron chi connectivity index (χ0n) is 60.9. The number of unbranched alkanes of at least 4 members (excludes halogenated alkanes) is 35. The van der Waals surface area contributed by atoms with Crippen molar-refractivity contribution in [3.8, 4) is 0 Å². The molecule has 0 aliphatic heterocycles. The molecule has 0 aliphatic rings. The van der Waals surface area contributed by atoms with Gasteiger partial charge in [0, 0.05) is 25.7 Å². The van der Waals surface area contributed by atoms with E-state index >= 15 is 0 Å². The highest BCUT2D eigenvalue weighted by molar-refractivity contribution is 7.47. The maximum Gasteiger partial charge on any atom is 0.472 e. The zero-order valence-corrected chi connectivity index (χ0v) is 62.7. The van der Waals surface area contributed by atoms with Gasteiger partial charge in [0.1, 0.15) is 19.3 Å². The van der Waals surface area contributed by atoms with Crippen molar-refractivity contribution >= 4 is 39.5 Å². The maximum atomic E-state index is 13.1. The fourth-order valence-electron chi connectivity index (χ4n) is 10.9. The van der Waals surface area contributed by atoms with Gasteiger partial charge in [0.15, 0.2) is 12.2 Å². The summed E-state index contributed by atoms with van der Waals surface area (Å²) in [6.07, 6.45) is 53.6. The average Bonchev–Trinajstić information content (AvgIpc) is 2.63. The monoisotopic (exact) mass is 1380 g/mol. The zero-order chi connectivity index (χ0) is 69.4. The Balaban J connectivity index is 5.28. The Morgan fingerprint density at radius 3 is 0.947 bits per heavy atom. The summed E-state index contributed by atoms with van der Waals surface area (Å²) in [7, 11) is -9.92. The van der Waals surface area contributed by atoms with Crippen LogP contribution in [0, 0.1) is 17.8 Å². The number of rotatable bonds is 71. The number of hydrogen-bond acceptors (Lipinski definition) is 15. The van der Waals surface area contributed by atoms with Gasteiger partial charge in [-0.3, -0.25) is 37.3 Å². The van der Waals surface area contributed by atoms with Gasteiger partial charge < -0.3 is 33.8 Å². The van der Waals surface area contributed by atoms with E-state index in [0.717, 1.165) is 127 Å². The Hall–Kier alpha value is -2.46. The predicted molar refractivity (Wildman–Crippen MR) is 381 cm³/mol. The topological polar surface area (TPSA) is 237 Å². The number of ether oxygens (including phenoxy) is 4. The third kappa shape index (κ3) is 66.8. The largest absolute Gasteiger partial charge is 0.472 e. The Morgan fingerprint density at radius 1 is 0.351 bits per heavy atom. The van der Waals surface area contributed by atoms with Crippen molar-refractivity contribution in [2.24, 2.45) is 17.8 Å². The smallest absolute Gasteiger partial charge is 0.462 e. The molecule has 0 saturated heterocycles. The van der Waals surface area contributed by atoms with Crippen molar-refractivity contribution in [1.29, 1.82) is 0 Å². The molecule has 0 aliphatic carbocycles. The number of carbonyl (C=O) groups is 4. The summed E-state index contributed by atoms with van der Waals surface area (Å²) >= 11 is 0. The van der Waals surface area contributed by atoms with Gasteiger partial charge in [0.05, 0.1) is 26.4 Å². The SMILES string of the molecule is CCCCCC/C=C\C=C/CCCCCCCC(=O)OC[C@H](COP(=O)(O)OC[C@@H](O)COP(=O)(O)OC[C@@H](COC(=O)CCCCCCCCC(C)C)OC(=O)CCCCCCCCCCCCCCCC(C)C)OC(=O)CCCCCCCCCCCCC(C)CC. The number of phosphoric ester groups is 2. The third-order valence-electron chi connectivity index (χ3n) is 17.1. The molecule has 94 heavy (non-hydrogen) atoms. The van der Waals surface area contributed by atoms with Gasteiger partial charge >= 0.3 is 39.5 Å². The molecule has 3 unspecified atom stereocenters. The minimum absolute atomic E-state index is 0.0990. The van der Waals surface area contributed by atoms with Gasteiger partial charge in [-0.2, -0.15) is 0 Å². The van der Waals surface area contributed by atoms with Crippen LogP contribution in [-0.2, 0) is 65.4 Å². The summed E-state index contributed by atoms with van der Waals surface area (Å²) in [5, 5.41) is 10.6. The lowest BCUT2D eigenvalue weighted by molar-refractivity contribution is -0.161. The number of hydrogen-bond donors (Lipinski definition) is 3. The predicted octanol–water partition coefficient (Wildman–Crippen LogP) is 21.3. The molecule has 0 saturated carbocycles. The van der Waals surface area contributed by atoms with Crippen molar-refractivity contribution in [1.82, 2.24) is 0 Å². The molecule has 0 amide bonds. The normalized spacial score (nSPS) is 14.6. The van der Waals surface area contributed by atoms with Crippen LogP contribution >= 0.6 is 15.6 Å². The van der Waals surface area contributed by atoms with E-state index in [0.29, 0.717) is 31.6 Å². The minimum Gasteiger partial charge on any atom is -0.462 e.